The van der Waals surface area contributed by atoms with Crippen LogP contribution in [0.15, 0.2) is 36.5 Å². The monoisotopic (exact) mass is 361 g/mol. The van der Waals surface area contributed by atoms with Gasteiger partial charge in [-0.3, -0.25) is 0 Å². The molecule has 2 aromatic rings. The van der Waals surface area contributed by atoms with Gasteiger partial charge in [-0.15, -0.1) is 0 Å². The zero-order valence-electron chi connectivity index (χ0n) is 14.8. The molecule has 122 valence electrons. The van der Waals surface area contributed by atoms with Crippen LogP contribution in [-0.2, 0) is 0 Å². The fraction of sp³-hybridized carbons (Fsp3) is 0.600. The van der Waals surface area contributed by atoms with Gasteiger partial charge in [0.05, 0.1) is 0 Å². The van der Waals surface area contributed by atoms with Gasteiger partial charge in [-0.2, -0.15) is 0 Å². The molecule has 0 amide bonds. The number of rotatable bonds is 10. The normalized spacial score (nSPS) is 12.1. The number of unbranched alkanes of at least 4 members (excludes halogenated alkanes) is 3. The van der Waals surface area contributed by atoms with E-state index in [1.165, 1.54) is 65.2 Å². The van der Waals surface area contributed by atoms with Gasteiger partial charge in [0.15, 0.2) is 0 Å². The summed E-state index contributed by atoms with van der Waals surface area (Å²) in [5, 5.41) is 5.96. The van der Waals surface area contributed by atoms with Gasteiger partial charge in [0.1, 0.15) is 0 Å². The van der Waals surface area contributed by atoms with Crippen molar-refractivity contribution in [2.75, 3.05) is 0 Å². The van der Waals surface area contributed by atoms with Gasteiger partial charge in [-0.05, 0) is 0 Å². The van der Waals surface area contributed by atoms with Crippen LogP contribution in [0.25, 0.3) is 10.9 Å². The van der Waals surface area contributed by atoms with Crippen molar-refractivity contribution in [3.63, 3.8) is 0 Å². The van der Waals surface area contributed by atoms with Crippen LogP contribution in [0.5, 0.6) is 0 Å². The number of hydrogen-bond acceptors (Lipinski definition) is 0. The van der Waals surface area contributed by atoms with Gasteiger partial charge >= 0.3 is 140 Å². The van der Waals surface area contributed by atoms with Gasteiger partial charge in [-0.25, -0.2) is 0 Å². The van der Waals surface area contributed by atoms with Crippen molar-refractivity contribution in [2.45, 2.75) is 75.1 Å². The van der Waals surface area contributed by atoms with Crippen molar-refractivity contribution in [1.82, 2.24) is 3.52 Å². The minimum atomic E-state index is -2.04. The number of benzene rings is 1. The van der Waals surface area contributed by atoms with E-state index >= 15 is 0 Å². The van der Waals surface area contributed by atoms with Crippen LogP contribution in [0, 0.1) is 0 Å². The quantitative estimate of drug-likeness (QED) is 0.409. The van der Waals surface area contributed by atoms with Crippen molar-refractivity contribution in [3.05, 3.63) is 36.5 Å². The van der Waals surface area contributed by atoms with E-state index in [1.807, 2.05) is 0 Å². The molecule has 0 bridgehead atoms. The molecule has 1 nitrogen and oxygen atoms in total. The SMILES string of the molecule is CCC[CH2][Ge]([CH2]CCC)([CH2]CCC)[n]1ccc2ccccc21. The van der Waals surface area contributed by atoms with Gasteiger partial charge in [-0.1, -0.05) is 0 Å². The van der Waals surface area contributed by atoms with Crippen LogP contribution >= 0.6 is 0 Å². The molecule has 2 rings (SSSR count). The van der Waals surface area contributed by atoms with Crippen LogP contribution in [0.4, 0.5) is 0 Å². The zero-order valence-corrected chi connectivity index (χ0v) is 16.9. The first-order chi connectivity index (χ1) is 10.8. The van der Waals surface area contributed by atoms with E-state index in [0.29, 0.717) is 0 Å². The molecule has 0 aliphatic heterocycles. The summed E-state index contributed by atoms with van der Waals surface area (Å²) in [5.41, 5.74) is 1.51. The van der Waals surface area contributed by atoms with Gasteiger partial charge in [0.2, 0.25) is 0 Å². The molecule has 0 saturated carbocycles. The molecule has 2 heteroatoms. The molecule has 1 heterocycles. The summed E-state index contributed by atoms with van der Waals surface area (Å²) in [7, 11) is 0. The summed E-state index contributed by atoms with van der Waals surface area (Å²) in [5.74, 6) is 0. The molecule has 0 saturated heterocycles. The number of aromatic nitrogens is 1. The van der Waals surface area contributed by atoms with Crippen molar-refractivity contribution in [3.8, 4) is 0 Å². The topological polar surface area (TPSA) is 4.93 Å². The van der Waals surface area contributed by atoms with Crippen LogP contribution in [0.3, 0.4) is 0 Å². The Hall–Kier alpha value is -0.697. The number of hydrogen-bond donors (Lipinski definition) is 0. The van der Waals surface area contributed by atoms with E-state index < -0.39 is 13.5 Å². The average molecular weight is 360 g/mol. The number of para-hydroxylation sites is 1. The second kappa shape index (κ2) is 8.81. The van der Waals surface area contributed by atoms with E-state index in [4.69, 9.17) is 0 Å². The summed E-state index contributed by atoms with van der Waals surface area (Å²) in [4.78, 5) is 0. The van der Waals surface area contributed by atoms with E-state index in [-0.39, 0.29) is 0 Å². The fourth-order valence-electron chi connectivity index (χ4n) is 3.75. The predicted molar refractivity (Wildman–Crippen MR) is 102 cm³/mol. The Morgan fingerprint density at radius 1 is 0.773 bits per heavy atom. The Balaban J connectivity index is 2.42. The molecule has 0 fully saturated rings. The van der Waals surface area contributed by atoms with Crippen LogP contribution in [-0.4, -0.2) is 17.0 Å². The van der Waals surface area contributed by atoms with Crippen molar-refractivity contribution in [2.24, 2.45) is 0 Å². The first-order valence-corrected chi connectivity index (χ1v) is 14.7. The molecule has 22 heavy (non-hydrogen) atoms. The van der Waals surface area contributed by atoms with E-state index in [0.717, 1.165) is 0 Å². The maximum atomic E-state index is 2.82. The maximum absolute atomic E-state index is 2.82. The van der Waals surface area contributed by atoms with Crippen molar-refractivity contribution >= 4 is 24.4 Å². The summed E-state index contributed by atoms with van der Waals surface area (Å²) in [6, 6.07) is 11.4. The zero-order chi connectivity index (χ0) is 15.8. The van der Waals surface area contributed by atoms with Crippen LogP contribution in [0.2, 0.25) is 15.8 Å². The summed E-state index contributed by atoms with van der Waals surface area (Å²) in [6.07, 6.45) is 10.7. The number of fused-ring (bicyclic) bond motifs is 1. The van der Waals surface area contributed by atoms with Crippen molar-refractivity contribution < 1.29 is 0 Å². The van der Waals surface area contributed by atoms with Crippen molar-refractivity contribution in [1.29, 1.82) is 0 Å². The van der Waals surface area contributed by atoms with E-state index in [1.54, 1.807) is 0 Å². The molecule has 1 aromatic carbocycles. The summed E-state index contributed by atoms with van der Waals surface area (Å²) in [6.45, 7) is 7.04. The molecular weight excluding hydrogens is 327 g/mol. The molecule has 0 aliphatic carbocycles. The Morgan fingerprint density at radius 3 is 1.86 bits per heavy atom. The van der Waals surface area contributed by atoms with Crippen LogP contribution < -0.4 is 0 Å². The van der Waals surface area contributed by atoms with E-state index in [9.17, 15) is 0 Å². The first kappa shape index (κ1) is 17.7. The summed E-state index contributed by atoms with van der Waals surface area (Å²) >= 11 is -2.04. The second-order valence-electron chi connectivity index (χ2n) is 6.78. The molecule has 0 spiro atoms. The fourth-order valence-corrected chi connectivity index (χ4v) is 15.5. The molecule has 0 atom stereocenters. The van der Waals surface area contributed by atoms with Gasteiger partial charge < -0.3 is 0 Å². The Bertz CT molecular complexity index is 536. The molecule has 1 aromatic heterocycles. The molecule has 0 N–H and O–H groups in total. The third-order valence-corrected chi connectivity index (χ3v) is 16.1. The van der Waals surface area contributed by atoms with Gasteiger partial charge in [0, 0.05) is 0 Å². The van der Waals surface area contributed by atoms with E-state index in [2.05, 4.69) is 60.8 Å². The molecular formula is C20H33GeN. The van der Waals surface area contributed by atoms with Crippen LogP contribution in [0.1, 0.15) is 59.3 Å². The Kier molecular flexibility index (Phi) is 7.07. The summed E-state index contributed by atoms with van der Waals surface area (Å²) < 4.78 is 2.82. The number of nitrogens with zero attached hydrogens (tertiary/aromatic N) is 1. The predicted octanol–water partition coefficient (Wildman–Crippen LogP) is 6.84. The third-order valence-electron chi connectivity index (χ3n) is 5.10. The Labute approximate surface area is 139 Å². The average Bonchev–Trinajstić information content (AvgIpc) is 2.99. The minimum absolute atomic E-state index is 1.34. The molecule has 0 aliphatic rings. The molecule has 0 radical (unpaired) electrons. The van der Waals surface area contributed by atoms with Gasteiger partial charge in [0.25, 0.3) is 0 Å². The molecule has 0 unspecified atom stereocenters. The third kappa shape index (κ3) is 3.98. The second-order valence-corrected chi connectivity index (χ2v) is 16.1. The first-order valence-electron chi connectivity index (χ1n) is 9.34. The standard InChI is InChI=1S/C20H33GeN/c1-4-7-15-21(16-8-5-2,17-9-6-3)22-18-14-19-12-10-11-13-20(19)22/h10-14,18H,4-9,15-17H2,1-3H3. The Morgan fingerprint density at radius 2 is 1.32 bits per heavy atom.